The van der Waals surface area contributed by atoms with Gasteiger partial charge in [-0.1, -0.05) is 78.9 Å². The standard InChI is InChI=1S/C44H26B12N8O/c45-51-41-43(53-47,55(41)49)19-21-15-22(20-44(54-48)42(52-46)56(44)50)17-24(16-21)65-23-13-14-31-32(18-23)40-63-38-30-12-6-5-11-29(30)36(61-38)59-34-26-8-2-1-7-25(26)33(57-34)58-35-27-9-3-4-10-28(27)37(60-35)62-39(31)64-40/h1-18,41-42H,19-20H2,(H2,57,58,59,60,61,62,63,64)/i51-1,52-1,53-1,54-1,55-1,56-1. The highest BCUT2D eigenvalue weighted by molar-refractivity contribution is 7.29. The van der Waals surface area contributed by atoms with Gasteiger partial charge < -0.3 is 14.7 Å². The first kappa shape index (κ1) is 40.5. The van der Waals surface area contributed by atoms with Crippen LogP contribution in [0.4, 0.5) is 0 Å². The average molecular weight is 808 g/mol. The van der Waals surface area contributed by atoms with E-state index in [0.29, 0.717) is 70.2 Å². The molecule has 2 fully saturated rings. The molecular weight excluding hydrogens is 781 g/mol. The number of benzene rings is 5. The highest BCUT2D eigenvalue weighted by Gasteiger charge is 2.59. The summed E-state index contributed by atoms with van der Waals surface area (Å²) in [6, 6.07) is 36.0. The molecule has 9 nitrogen and oxygen atoms in total. The van der Waals surface area contributed by atoms with Gasteiger partial charge in [0.2, 0.25) is 0 Å². The maximum Gasteiger partial charge on any atom is 0.164 e. The van der Waals surface area contributed by atoms with Crippen molar-refractivity contribution in [2.75, 3.05) is 0 Å². The lowest BCUT2D eigenvalue weighted by Crippen LogP contribution is -2.17. The molecule has 0 spiro atoms. The van der Waals surface area contributed by atoms with Crippen LogP contribution >= 0.6 is 0 Å². The number of H-pyrrole nitrogens is 2. The third kappa shape index (κ3) is 6.45. The van der Waals surface area contributed by atoms with Gasteiger partial charge in [0.05, 0.1) is 27.5 Å². The molecule has 21 heteroatoms. The van der Waals surface area contributed by atoms with Gasteiger partial charge in [-0.15, -0.1) is 21.9 Å². The fourth-order valence-corrected chi connectivity index (χ4v) is 10.2. The maximum absolute atomic E-state index is 6.78. The van der Waals surface area contributed by atoms with E-state index in [-0.39, 0.29) is 24.6 Å². The van der Waals surface area contributed by atoms with Crippen molar-refractivity contribution in [2.24, 2.45) is 0 Å². The van der Waals surface area contributed by atoms with Crippen molar-refractivity contribution in [3.63, 3.8) is 0 Å². The van der Waals surface area contributed by atoms with E-state index in [9.17, 15) is 0 Å². The Morgan fingerprint density at radius 2 is 0.892 bits per heavy atom. The summed E-state index contributed by atoms with van der Waals surface area (Å²) in [4.78, 5) is 37.6. The summed E-state index contributed by atoms with van der Waals surface area (Å²) in [5, 5.41) is 2.41. The molecule has 0 amide bonds. The fourth-order valence-electron chi connectivity index (χ4n) is 10.2. The first-order valence-electron chi connectivity index (χ1n) is 21.5. The minimum atomic E-state index is -0.480. The lowest BCUT2D eigenvalue weighted by atomic mass is 8.78. The zero-order chi connectivity index (χ0) is 44.2. The first-order valence-corrected chi connectivity index (χ1v) is 21.5. The molecule has 4 atom stereocenters. The first-order chi connectivity index (χ1) is 31.7. The number of aromatic nitrogens is 8. The lowest BCUT2D eigenvalue weighted by Gasteiger charge is -2.22. The summed E-state index contributed by atoms with van der Waals surface area (Å²) < 4.78 is 6.78. The van der Waals surface area contributed by atoms with Crippen LogP contribution in [0.3, 0.4) is 0 Å². The van der Waals surface area contributed by atoms with Crippen LogP contribution in [0.5, 0.6) is 11.5 Å². The van der Waals surface area contributed by atoms with Crippen LogP contribution < -0.4 is 4.74 Å². The third-order valence-corrected chi connectivity index (χ3v) is 13.9. The van der Waals surface area contributed by atoms with Gasteiger partial charge in [-0.2, -0.15) is 0 Å². The van der Waals surface area contributed by atoms with Gasteiger partial charge >= 0.3 is 0 Å². The largest absolute Gasteiger partial charge is 0.457 e. The average Bonchev–Trinajstić information content (AvgIpc) is 3.65. The van der Waals surface area contributed by atoms with Crippen molar-refractivity contribution >= 4 is 132 Å². The van der Waals surface area contributed by atoms with E-state index < -0.39 is 10.4 Å². The third-order valence-electron chi connectivity index (χ3n) is 13.9. The van der Waals surface area contributed by atoms with E-state index in [4.69, 9.17) is 81.1 Å². The number of fused-ring (bicyclic) bond motifs is 20. The molecule has 2 N–H and O–H groups in total. The molecule has 4 aliphatic heterocycles. The Kier molecular flexibility index (Phi) is 9.55. The van der Waals surface area contributed by atoms with E-state index in [1.54, 1.807) is 28.7 Å². The Morgan fingerprint density at radius 1 is 0.477 bits per heavy atom. The van der Waals surface area contributed by atoms with Gasteiger partial charge in [0.15, 0.2) is 23.3 Å². The summed E-state index contributed by atoms with van der Waals surface area (Å²) in [7, 11) is 44.2. The molecule has 4 unspecified atom stereocenters. The molecule has 2 saturated heterocycles. The molecular formula is C44H26B12N8O. The second-order valence-corrected chi connectivity index (χ2v) is 17.4. The predicted molar refractivity (Wildman–Crippen MR) is 272 cm³/mol. The molecule has 8 bridgehead atoms. The summed E-state index contributed by atoms with van der Waals surface area (Å²) in [5.74, 6) is 3.28. The van der Waals surface area contributed by atoms with Crippen molar-refractivity contribution in [1.82, 2.24) is 39.9 Å². The van der Waals surface area contributed by atoms with Crippen molar-refractivity contribution in [3.05, 3.63) is 120 Å². The van der Waals surface area contributed by atoms with Crippen molar-refractivity contribution in [1.29, 1.82) is 0 Å². The van der Waals surface area contributed by atoms with E-state index >= 15 is 0 Å². The fraction of sp³-hybridized carbons (Fsp3) is 0.136. The molecule has 65 heavy (non-hydrogen) atoms. The van der Waals surface area contributed by atoms with Crippen LogP contribution in [0, 0.1) is 0 Å². The van der Waals surface area contributed by atoms with E-state index in [2.05, 4.69) is 16.0 Å². The van der Waals surface area contributed by atoms with Crippen LogP contribution in [0.15, 0.2) is 109 Å². The Bertz CT molecular complexity index is 3400. The highest BCUT2D eigenvalue weighted by atomic mass is 16.5. The monoisotopic (exact) mass is 808 g/mol. The Morgan fingerprint density at radius 3 is 1.34 bits per heavy atom. The molecule has 4 aliphatic rings. The van der Waals surface area contributed by atoms with E-state index in [1.807, 2.05) is 103 Å². The Balaban J connectivity index is 1.04. The van der Waals surface area contributed by atoms with Gasteiger partial charge in [-0.25, -0.2) is 29.9 Å². The summed E-state index contributed by atoms with van der Waals surface area (Å²) >= 11 is 0. The number of aromatic amines is 2. The van der Waals surface area contributed by atoms with Crippen LogP contribution in [-0.2, 0) is 12.8 Å². The zero-order valence-electron chi connectivity index (χ0n) is 35.0. The molecule has 7 heterocycles. The maximum atomic E-state index is 6.78. The number of nitrogens with one attached hydrogen (secondary N) is 2. The molecule has 0 aliphatic carbocycles. The Labute approximate surface area is 387 Å². The quantitative estimate of drug-likeness (QED) is 0.180. The van der Waals surface area contributed by atoms with Crippen LogP contribution in [0.1, 0.15) is 11.1 Å². The minimum Gasteiger partial charge on any atom is -0.457 e. The molecule has 16 radical (unpaired) electrons. The van der Waals surface area contributed by atoms with Gasteiger partial charge in [-0.3, -0.25) is 0 Å². The number of hydrogen-bond acceptors (Lipinski definition) is 7. The van der Waals surface area contributed by atoms with Gasteiger partial charge in [0, 0.05) is 105 Å². The van der Waals surface area contributed by atoms with Gasteiger partial charge in [-0.05, 0) is 54.3 Å². The second-order valence-electron chi connectivity index (χ2n) is 17.4. The minimum absolute atomic E-state index is 0.0500. The normalized spacial score (nSPS) is 20.2. The van der Waals surface area contributed by atoms with Gasteiger partial charge in [0.1, 0.15) is 34.1 Å². The second kappa shape index (κ2) is 15.3. The van der Waals surface area contributed by atoms with Crippen LogP contribution in [0.2, 0.25) is 21.9 Å². The molecule has 8 aromatic rings. The van der Waals surface area contributed by atoms with E-state index in [1.165, 1.54) is 0 Å². The van der Waals surface area contributed by atoms with Crippen LogP contribution in [-0.4, -0.2) is 128 Å². The summed E-state index contributed by atoms with van der Waals surface area (Å²) in [6.07, 6.45) is 1.12. The Hall–Kier alpha value is -5.96. The van der Waals surface area contributed by atoms with Crippen molar-refractivity contribution < 1.29 is 4.74 Å². The molecule has 5 aromatic carbocycles. The predicted octanol–water partition coefficient (Wildman–Crippen LogP) is 5.30. The van der Waals surface area contributed by atoms with Crippen molar-refractivity contribution in [2.45, 2.75) is 34.7 Å². The number of nitrogens with zero attached hydrogens (tertiary/aromatic N) is 6. The smallest absolute Gasteiger partial charge is 0.164 e. The summed E-state index contributed by atoms with van der Waals surface area (Å²) in [6.45, 7) is -0.396. The number of ether oxygens (including phenoxy) is 1. The lowest BCUT2D eigenvalue weighted by molar-refractivity contribution is 0.482. The summed E-state index contributed by atoms with van der Waals surface area (Å²) in [5.41, 5.74) is 7.67. The molecule has 12 rings (SSSR count). The number of rotatable bonds is 10. The molecule has 3 aromatic heterocycles. The zero-order valence-corrected chi connectivity index (χ0v) is 35.0. The van der Waals surface area contributed by atoms with E-state index in [0.717, 1.165) is 54.9 Å². The SMILES string of the molecule is [B][10B]C1[10B]([B])C1([10B][B])Cc1cc(CC2([10B][B])[10B]([B])C2[10B][B])cc(Oc2ccc3c4nc5nc(nc6nc(nc7[nH]c(nc([nH]4)c3c2)c2ccccc72)-c2ccccc2-6)-c2ccccc2-5)c1. The number of hydrogen-bond donors (Lipinski definition) is 2. The topological polar surface area (TPSA) is 118 Å². The van der Waals surface area contributed by atoms with Crippen LogP contribution in [0.25, 0.3) is 89.7 Å². The molecule has 284 valence electrons. The van der Waals surface area contributed by atoms with Gasteiger partial charge in [0.25, 0.3) is 0 Å². The molecule has 0 saturated carbocycles. The van der Waals surface area contributed by atoms with Crippen molar-refractivity contribution in [3.8, 4) is 57.1 Å². The highest BCUT2D eigenvalue weighted by Crippen LogP contribution is 2.63.